The van der Waals surface area contributed by atoms with E-state index in [-0.39, 0.29) is 23.3 Å². The van der Waals surface area contributed by atoms with Gasteiger partial charge in [-0.15, -0.1) is 0 Å². The van der Waals surface area contributed by atoms with Gasteiger partial charge in [0.05, 0.1) is 5.69 Å². The molecule has 0 aliphatic heterocycles. The van der Waals surface area contributed by atoms with Crippen LogP contribution >= 0.6 is 15.9 Å². The number of nitrogens with one attached hydrogen (secondary N) is 1. The Morgan fingerprint density at radius 1 is 1.53 bits per heavy atom. The molecule has 1 fully saturated rings. The van der Waals surface area contributed by atoms with E-state index in [4.69, 9.17) is 0 Å². The Morgan fingerprint density at radius 3 is 2.80 bits per heavy atom. The molecule has 1 aromatic carbocycles. The van der Waals surface area contributed by atoms with Crippen molar-refractivity contribution in [3.63, 3.8) is 0 Å². The van der Waals surface area contributed by atoms with Crippen LogP contribution in [0.2, 0.25) is 0 Å². The quantitative estimate of drug-likeness (QED) is 0.879. The molecule has 1 aliphatic rings. The van der Waals surface area contributed by atoms with Crippen molar-refractivity contribution in [1.82, 2.24) is 0 Å². The molecular weight excluding hydrogens is 261 g/mol. The van der Waals surface area contributed by atoms with Gasteiger partial charge in [-0.05, 0) is 31.9 Å². The van der Waals surface area contributed by atoms with Crippen LogP contribution in [0.3, 0.4) is 0 Å². The first kappa shape index (κ1) is 10.6. The summed E-state index contributed by atoms with van der Waals surface area (Å²) in [6.07, 6.45) is 1.84. The van der Waals surface area contributed by atoms with E-state index in [1.807, 2.05) is 0 Å². The Balaban J connectivity index is 2.21. The molecule has 0 bridgehead atoms. The summed E-state index contributed by atoms with van der Waals surface area (Å²) >= 11 is 3.23. The van der Waals surface area contributed by atoms with Crippen molar-refractivity contribution < 1.29 is 9.18 Å². The lowest BCUT2D eigenvalue weighted by atomic mass is 10.2. The van der Waals surface area contributed by atoms with E-state index in [1.54, 1.807) is 19.1 Å². The number of anilines is 1. The lowest BCUT2D eigenvalue weighted by Gasteiger charge is -2.08. The third kappa shape index (κ3) is 2.20. The van der Waals surface area contributed by atoms with E-state index in [0.29, 0.717) is 10.0 Å². The monoisotopic (exact) mass is 271 g/mol. The van der Waals surface area contributed by atoms with E-state index in [0.717, 1.165) is 12.8 Å². The largest absolute Gasteiger partial charge is 0.323 e. The summed E-state index contributed by atoms with van der Waals surface area (Å²) in [4.78, 5) is 11.4. The predicted molar refractivity (Wildman–Crippen MR) is 60.2 cm³/mol. The molecule has 1 aromatic rings. The molecule has 0 radical (unpaired) electrons. The van der Waals surface area contributed by atoms with Crippen LogP contribution in [0.5, 0.6) is 0 Å². The molecule has 1 amide bonds. The molecule has 1 saturated carbocycles. The number of halogens is 2. The summed E-state index contributed by atoms with van der Waals surface area (Å²) in [5, 5.41) is 2.61. The number of carbonyl (C=O) groups excluding carboxylic acids is 1. The van der Waals surface area contributed by atoms with Crippen molar-refractivity contribution in [2.75, 3.05) is 5.32 Å². The third-order valence-corrected chi connectivity index (χ3v) is 3.39. The van der Waals surface area contributed by atoms with Crippen molar-refractivity contribution in [1.29, 1.82) is 0 Å². The van der Waals surface area contributed by atoms with Gasteiger partial charge in [0.2, 0.25) is 5.91 Å². The van der Waals surface area contributed by atoms with Crippen molar-refractivity contribution in [2.24, 2.45) is 5.92 Å². The maximum Gasteiger partial charge on any atom is 0.227 e. The number of hydrogen-bond donors (Lipinski definition) is 1. The number of benzene rings is 1. The van der Waals surface area contributed by atoms with Crippen molar-refractivity contribution in [2.45, 2.75) is 19.8 Å². The summed E-state index contributed by atoms with van der Waals surface area (Å²) in [6.45, 7) is 1.67. The molecule has 0 saturated heterocycles. The minimum atomic E-state index is -0.363. The van der Waals surface area contributed by atoms with Crippen LogP contribution in [0.4, 0.5) is 10.1 Å². The van der Waals surface area contributed by atoms with Gasteiger partial charge in [-0.25, -0.2) is 4.39 Å². The smallest absolute Gasteiger partial charge is 0.227 e. The van der Waals surface area contributed by atoms with Crippen molar-refractivity contribution in [3.8, 4) is 0 Å². The summed E-state index contributed by atoms with van der Waals surface area (Å²) < 4.78 is 14.4. The van der Waals surface area contributed by atoms with Crippen molar-refractivity contribution in [3.05, 3.63) is 28.0 Å². The topological polar surface area (TPSA) is 29.1 Å². The van der Waals surface area contributed by atoms with E-state index in [1.165, 1.54) is 0 Å². The van der Waals surface area contributed by atoms with E-state index in [2.05, 4.69) is 21.2 Å². The van der Waals surface area contributed by atoms with Crippen LogP contribution in [0.25, 0.3) is 0 Å². The fraction of sp³-hybridized carbons (Fsp3) is 0.364. The molecular formula is C11H11BrFNO. The minimum absolute atomic E-state index is 0.0735. The van der Waals surface area contributed by atoms with Gasteiger partial charge in [-0.2, -0.15) is 0 Å². The van der Waals surface area contributed by atoms with Crippen LogP contribution in [0.15, 0.2) is 16.6 Å². The summed E-state index contributed by atoms with van der Waals surface area (Å²) in [6, 6.07) is 3.31. The van der Waals surface area contributed by atoms with Gasteiger partial charge in [0.15, 0.2) is 5.82 Å². The molecule has 1 N–H and O–H groups in total. The van der Waals surface area contributed by atoms with Gasteiger partial charge < -0.3 is 5.32 Å². The lowest BCUT2D eigenvalue weighted by Crippen LogP contribution is -2.14. The normalized spacial score (nSPS) is 15.1. The van der Waals surface area contributed by atoms with Crippen LogP contribution in [-0.4, -0.2) is 5.91 Å². The van der Waals surface area contributed by atoms with E-state index in [9.17, 15) is 9.18 Å². The molecule has 0 spiro atoms. The van der Waals surface area contributed by atoms with Gasteiger partial charge in [-0.1, -0.05) is 15.9 Å². The maximum absolute atomic E-state index is 13.7. The molecule has 0 atom stereocenters. The standard InChI is InChI=1S/C11H11BrFNO/c1-6-8(12)4-5-9(10(6)13)14-11(15)7-2-3-7/h4-5,7H,2-3H2,1H3,(H,14,15). The number of carbonyl (C=O) groups is 1. The summed E-state index contributed by atoms with van der Waals surface area (Å²) in [7, 11) is 0. The predicted octanol–water partition coefficient (Wildman–Crippen LogP) is 3.25. The Morgan fingerprint density at radius 2 is 2.20 bits per heavy atom. The second-order valence-electron chi connectivity index (χ2n) is 3.80. The van der Waals surface area contributed by atoms with Gasteiger partial charge in [0.1, 0.15) is 0 Å². The van der Waals surface area contributed by atoms with Gasteiger partial charge in [0, 0.05) is 16.0 Å². The van der Waals surface area contributed by atoms with E-state index < -0.39 is 0 Å². The zero-order valence-corrected chi connectivity index (χ0v) is 9.90. The van der Waals surface area contributed by atoms with Crippen LogP contribution in [-0.2, 0) is 4.79 Å². The molecule has 15 heavy (non-hydrogen) atoms. The number of rotatable bonds is 2. The van der Waals surface area contributed by atoms with Crippen LogP contribution in [0, 0.1) is 18.7 Å². The molecule has 4 heteroatoms. The third-order valence-electron chi connectivity index (χ3n) is 2.53. The maximum atomic E-state index is 13.7. The average Bonchev–Trinajstić information content (AvgIpc) is 3.02. The highest BCUT2D eigenvalue weighted by Gasteiger charge is 2.30. The first-order valence-corrected chi connectivity index (χ1v) is 5.64. The highest BCUT2D eigenvalue weighted by Crippen LogP contribution is 2.31. The second-order valence-corrected chi connectivity index (χ2v) is 4.65. The van der Waals surface area contributed by atoms with Gasteiger partial charge in [0.25, 0.3) is 0 Å². The Bertz CT molecular complexity index is 415. The Labute approximate surface area is 96.0 Å². The SMILES string of the molecule is Cc1c(Br)ccc(NC(=O)C2CC2)c1F. The summed E-state index contributed by atoms with van der Waals surface area (Å²) in [5.41, 5.74) is 0.788. The minimum Gasteiger partial charge on any atom is -0.323 e. The Kier molecular flexibility index (Phi) is 2.78. The molecule has 80 valence electrons. The first-order valence-electron chi connectivity index (χ1n) is 4.85. The average molecular weight is 272 g/mol. The van der Waals surface area contributed by atoms with Crippen molar-refractivity contribution >= 4 is 27.5 Å². The highest BCUT2D eigenvalue weighted by molar-refractivity contribution is 9.10. The fourth-order valence-corrected chi connectivity index (χ4v) is 1.64. The lowest BCUT2D eigenvalue weighted by molar-refractivity contribution is -0.117. The van der Waals surface area contributed by atoms with E-state index >= 15 is 0 Å². The Hall–Kier alpha value is -0.900. The first-order chi connectivity index (χ1) is 7.09. The number of amides is 1. The zero-order valence-electron chi connectivity index (χ0n) is 8.31. The van der Waals surface area contributed by atoms with Gasteiger partial charge in [-0.3, -0.25) is 4.79 Å². The second kappa shape index (κ2) is 3.93. The molecule has 2 rings (SSSR count). The zero-order chi connectivity index (χ0) is 11.0. The van der Waals surface area contributed by atoms with Crippen LogP contribution < -0.4 is 5.32 Å². The molecule has 1 aliphatic carbocycles. The fourth-order valence-electron chi connectivity index (χ4n) is 1.34. The molecule has 0 heterocycles. The van der Waals surface area contributed by atoms with Crippen LogP contribution in [0.1, 0.15) is 18.4 Å². The molecule has 0 aromatic heterocycles. The van der Waals surface area contributed by atoms with Gasteiger partial charge >= 0.3 is 0 Å². The summed E-state index contributed by atoms with van der Waals surface area (Å²) in [5.74, 6) is -0.345. The molecule has 2 nitrogen and oxygen atoms in total. The highest BCUT2D eigenvalue weighted by atomic mass is 79.9. The number of hydrogen-bond acceptors (Lipinski definition) is 1. The molecule has 0 unspecified atom stereocenters.